The van der Waals surface area contributed by atoms with E-state index in [0.717, 1.165) is 12.3 Å². The normalized spacial score (nSPS) is 15.3. The molecule has 2 N–H and O–H groups in total. The maximum atomic E-state index is 12.3. The Bertz CT molecular complexity index is 1240. The van der Waals surface area contributed by atoms with Crippen LogP contribution >= 0.6 is 0 Å². The molecule has 13 heteroatoms. The first kappa shape index (κ1) is 23.5. The summed E-state index contributed by atoms with van der Waals surface area (Å²) in [5.74, 6) is -0.276. The van der Waals surface area contributed by atoms with Gasteiger partial charge in [0.1, 0.15) is 5.69 Å². The van der Waals surface area contributed by atoms with Crippen molar-refractivity contribution in [2.24, 2.45) is 0 Å². The maximum Gasteiger partial charge on any atom is 0.293 e. The van der Waals surface area contributed by atoms with E-state index in [1.807, 2.05) is 0 Å². The van der Waals surface area contributed by atoms with E-state index in [2.05, 4.69) is 10.6 Å². The van der Waals surface area contributed by atoms with Crippen molar-refractivity contribution in [3.63, 3.8) is 0 Å². The van der Waals surface area contributed by atoms with Gasteiger partial charge in [-0.25, -0.2) is 16.8 Å². The summed E-state index contributed by atoms with van der Waals surface area (Å²) in [7, 11) is -6.88. The van der Waals surface area contributed by atoms with Gasteiger partial charge in [-0.15, -0.1) is 0 Å². The third-order valence-electron chi connectivity index (χ3n) is 4.84. The number of nitrogens with one attached hydrogen (secondary N) is 2. The summed E-state index contributed by atoms with van der Waals surface area (Å²) in [6.45, 7) is 0.720. The molecule has 0 aromatic heterocycles. The van der Waals surface area contributed by atoms with Gasteiger partial charge < -0.3 is 10.6 Å². The van der Waals surface area contributed by atoms with Crippen LogP contribution in [0, 0.1) is 10.1 Å². The molecule has 0 atom stereocenters. The van der Waals surface area contributed by atoms with Gasteiger partial charge in [-0.2, -0.15) is 0 Å². The van der Waals surface area contributed by atoms with Crippen molar-refractivity contribution in [1.82, 2.24) is 5.32 Å². The van der Waals surface area contributed by atoms with Gasteiger partial charge in [0.2, 0.25) is 10.0 Å². The number of nitro benzene ring substituents is 1. The number of nitro groups is 1. The van der Waals surface area contributed by atoms with Crippen molar-refractivity contribution in [3.8, 4) is 0 Å². The zero-order chi connectivity index (χ0) is 23.5. The molecule has 0 saturated carbocycles. The van der Waals surface area contributed by atoms with E-state index >= 15 is 0 Å². The Morgan fingerprint density at radius 1 is 1.16 bits per heavy atom. The zero-order valence-corrected chi connectivity index (χ0v) is 18.8. The molecule has 0 bridgehead atoms. The third-order valence-corrected chi connectivity index (χ3v) is 7.82. The van der Waals surface area contributed by atoms with Crippen LogP contribution in [0.15, 0.2) is 47.4 Å². The monoisotopic (exact) mass is 482 g/mol. The van der Waals surface area contributed by atoms with Gasteiger partial charge in [-0.05, 0) is 42.8 Å². The Kier molecular flexibility index (Phi) is 6.69. The fraction of sp³-hybridized carbons (Fsp3) is 0.316. The fourth-order valence-electron chi connectivity index (χ4n) is 3.23. The van der Waals surface area contributed by atoms with E-state index in [0.29, 0.717) is 24.2 Å². The van der Waals surface area contributed by atoms with Gasteiger partial charge in [0, 0.05) is 37.5 Å². The van der Waals surface area contributed by atoms with E-state index < -0.39 is 24.8 Å². The van der Waals surface area contributed by atoms with Crippen molar-refractivity contribution in [3.05, 3.63) is 58.1 Å². The van der Waals surface area contributed by atoms with Crippen LogP contribution in [0.2, 0.25) is 0 Å². The summed E-state index contributed by atoms with van der Waals surface area (Å²) >= 11 is 0. The Labute approximate surface area is 185 Å². The van der Waals surface area contributed by atoms with Gasteiger partial charge in [0.25, 0.3) is 11.6 Å². The quantitative estimate of drug-likeness (QED) is 0.325. The van der Waals surface area contributed by atoms with E-state index in [4.69, 9.17) is 0 Å². The number of benzene rings is 2. The number of sulfone groups is 1. The van der Waals surface area contributed by atoms with Crippen molar-refractivity contribution >= 4 is 42.8 Å². The molecule has 0 aliphatic carbocycles. The van der Waals surface area contributed by atoms with Crippen LogP contribution in [-0.4, -0.2) is 59.3 Å². The number of sulfonamides is 1. The molecule has 1 fully saturated rings. The molecule has 11 nitrogen and oxygen atoms in total. The van der Waals surface area contributed by atoms with Crippen molar-refractivity contribution in [2.45, 2.75) is 11.3 Å². The Hall–Kier alpha value is -3.19. The molecule has 1 aliphatic heterocycles. The minimum Gasteiger partial charge on any atom is -0.378 e. The molecule has 1 heterocycles. The van der Waals surface area contributed by atoms with Gasteiger partial charge >= 0.3 is 0 Å². The van der Waals surface area contributed by atoms with E-state index in [9.17, 15) is 31.7 Å². The minimum atomic E-state index is -3.58. The Morgan fingerprint density at radius 3 is 2.41 bits per heavy atom. The smallest absolute Gasteiger partial charge is 0.293 e. The summed E-state index contributed by atoms with van der Waals surface area (Å²) in [5, 5.41) is 16.7. The van der Waals surface area contributed by atoms with Gasteiger partial charge in [0.05, 0.1) is 21.3 Å². The molecule has 172 valence electrons. The predicted octanol–water partition coefficient (Wildman–Crippen LogP) is 1.38. The second kappa shape index (κ2) is 9.12. The highest BCUT2D eigenvalue weighted by atomic mass is 32.2. The SMILES string of the molecule is CS(=O)(=O)c1ccc(NCCNC(=O)c2ccc(N3CCCS3(=O)=O)cc2)c([N+](=O)[O-])c1. The summed E-state index contributed by atoms with van der Waals surface area (Å²) in [5.41, 5.74) is 0.596. The van der Waals surface area contributed by atoms with Gasteiger partial charge in [-0.3, -0.25) is 19.2 Å². The molecule has 1 aliphatic rings. The summed E-state index contributed by atoms with van der Waals surface area (Å²) in [4.78, 5) is 22.7. The highest BCUT2D eigenvalue weighted by molar-refractivity contribution is 7.93. The molecule has 1 saturated heterocycles. The molecular weight excluding hydrogens is 460 g/mol. The second-order valence-electron chi connectivity index (χ2n) is 7.18. The number of hydrogen-bond donors (Lipinski definition) is 2. The molecule has 0 spiro atoms. The lowest BCUT2D eigenvalue weighted by Gasteiger charge is -2.17. The third kappa shape index (κ3) is 5.34. The number of nitrogens with zero attached hydrogens (tertiary/aromatic N) is 2. The summed E-state index contributed by atoms with van der Waals surface area (Å²) in [6, 6.07) is 9.76. The zero-order valence-electron chi connectivity index (χ0n) is 17.1. The van der Waals surface area contributed by atoms with Gasteiger partial charge in [-0.1, -0.05) is 0 Å². The van der Waals surface area contributed by atoms with Crippen molar-refractivity contribution in [2.75, 3.05) is 41.3 Å². The lowest BCUT2D eigenvalue weighted by atomic mass is 10.2. The summed E-state index contributed by atoms with van der Waals surface area (Å²) < 4.78 is 48.5. The maximum absolute atomic E-state index is 12.3. The summed E-state index contributed by atoms with van der Waals surface area (Å²) in [6.07, 6.45) is 1.53. The van der Waals surface area contributed by atoms with Crippen LogP contribution in [-0.2, 0) is 19.9 Å². The van der Waals surface area contributed by atoms with Crippen LogP contribution in [0.4, 0.5) is 17.1 Å². The van der Waals surface area contributed by atoms with Crippen molar-refractivity contribution < 1.29 is 26.6 Å². The number of anilines is 2. The Balaban J connectivity index is 1.57. The minimum absolute atomic E-state index is 0.109. The van der Waals surface area contributed by atoms with Crippen LogP contribution in [0.25, 0.3) is 0 Å². The average molecular weight is 483 g/mol. The van der Waals surface area contributed by atoms with E-state index in [-0.39, 0.29) is 41.0 Å². The first-order chi connectivity index (χ1) is 15.0. The molecule has 32 heavy (non-hydrogen) atoms. The topological polar surface area (TPSA) is 156 Å². The number of carbonyl (C=O) groups is 1. The standard InChI is InChI=1S/C19H22N4O7S2/c1-31(27,28)16-7-8-17(18(13-16)23(25)26)20-9-10-21-19(24)14-3-5-15(6-4-14)22-11-2-12-32(22,29)30/h3-8,13,20H,2,9-12H2,1H3,(H,21,24). The Morgan fingerprint density at radius 2 is 1.84 bits per heavy atom. The highest BCUT2D eigenvalue weighted by Crippen LogP contribution is 2.27. The molecular formula is C19H22N4O7S2. The van der Waals surface area contributed by atoms with Crippen LogP contribution in [0.3, 0.4) is 0 Å². The first-order valence-electron chi connectivity index (χ1n) is 9.60. The lowest BCUT2D eigenvalue weighted by molar-refractivity contribution is -0.384. The molecule has 2 aromatic carbocycles. The molecule has 0 unspecified atom stereocenters. The second-order valence-corrected chi connectivity index (χ2v) is 11.2. The lowest BCUT2D eigenvalue weighted by Crippen LogP contribution is -2.29. The predicted molar refractivity (Wildman–Crippen MR) is 119 cm³/mol. The number of carbonyl (C=O) groups excluding carboxylic acids is 1. The molecule has 1 amide bonds. The van der Waals surface area contributed by atoms with Crippen LogP contribution in [0.5, 0.6) is 0 Å². The van der Waals surface area contributed by atoms with Crippen LogP contribution in [0.1, 0.15) is 16.8 Å². The number of rotatable bonds is 8. The fourth-order valence-corrected chi connectivity index (χ4v) is 5.43. The highest BCUT2D eigenvalue weighted by Gasteiger charge is 2.28. The molecule has 2 aromatic rings. The van der Waals surface area contributed by atoms with Crippen LogP contribution < -0.4 is 14.9 Å². The van der Waals surface area contributed by atoms with Gasteiger partial charge in [0.15, 0.2) is 9.84 Å². The average Bonchev–Trinajstić information content (AvgIpc) is 3.09. The van der Waals surface area contributed by atoms with E-state index in [1.54, 1.807) is 12.1 Å². The molecule has 0 radical (unpaired) electrons. The number of amides is 1. The molecule has 3 rings (SSSR count). The first-order valence-corrected chi connectivity index (χ1v) is 13.1. The number of hydrogen-bond acceptors (Lipinski definition) is 8. The van der Waals surface area contributed by atoms with E-state index in [1.165, 1.54) is 28.6 Å². The largest absolute Gasteiger partial charge is 0.378 e. The van der Waals surface area contributed by atoms with Crippen molar-refractivity contribution in [1.29, 1.82) is 0 Å².